The van der Waals surface area contributed by atoms with Crippen LogP contribution in [-0.2, 0) is 17.9 Å². The monoisotopic (exact) mass is 363 g/mol. The molecule has 1 aromatic carbocycles. The first kappa shape index (κ1) is 16.8. The van der Waals surface area contributed by atoms with E-state index in [0.717, 1.165) is 11.3 Å². The van der Waals surface area contributed by atoms with Crippen LogP contribution in [-0.4, -0.2) is 31.8 Å². The zero-order valence-electron chi connectivity index (χ0n) is 14.4. The van der Waals surface area contributed by atoms with E-state index < -0.39 is 5.76 Å². The highest BCUT2D eigenvalue weighted by Gasteiger charge is 2.12. The molecule has 136 valence electrons. The van der Waals surface area contributed by atoms with Crippen molar-refractivity contribution in [3.8, 4) is 11.3 Å². The van der Waals surface area contributed by atoms with Crippen LogP contribution in [0.4, 0.5) is 0 Å². The number of hydrogen-bond donors (Lipinski definition) is 1. The Morgan fingerprint density at radius 3 is 2.78 bits per heavy atom. The second kappa shape index (κ2) is 7.28. The number of amides is 1. The van der Waals surface area contributed by atoms with Gasteiger partial charge >= 0.3 is 5.76 Å². The van der Waals surface area contributed by atoms with Crippen LogP contribution in [0, 0.1) is 0 Å². The lowest BCUT2D eigenvalue weighted by atomic mass is 10.2. The molecule has 27 heavy (non-hydrogen) atoms. The van der Waals surface area contributed by atoms with Crippen molar-refractivity contribution in [3.05, 3.63) is 71.6 Å². The van der Waals surface area contributed by atoms with Crippen LogP contribution in [0.1, 0.15) is 0 Å². The predicted octanol–water partition coefficient (Wildman–Crippen LogP) is 1.67. The standard InChI is InChI=1S/C19H17N5O3/c25-18(13-24-16-3-1-2-4-17(16)27-19(24)26)21-10-12-23-11-7-15(22-23)14-5-8-20-9-6-14/h1-9,11H,10,12-13H2,(H,21,25). The quantitative estimate of drug-likeness (QED) is 0.562. The maximum atomic E-state index is 12.2. The second-order valence-corrected chi connectivity index (χ2v) is 5.97. The number of carbonyl (C=O) groups excluding carboxylic acids is 1. The summed E-state index contributed by atoms with van der Waals surface area (Å²) in [4.78, 5) is 28.1. The van der Waals surface area contributed by atoms with Gasteiger partial charge in [-0.1, -0.05) is 12.1 Å². The van der Waals surface area contributed by atoms with Crippen molar-refractivity contribution in [3.63, 3.8) is 0 Å². The van der Waals surface area contributed by atoms with Crippen molar-refractivity contribution in [1.29, 1.82) is 0 Å². The van der Waals surface area contributed by atoms with Gasteiger partial charge in [-0.25, -0.2) is 4.79 Å². The van der Waals surface area contributed by atoms with Crippen molar-refractivity contribution >= 4 is 17.0 Å². The first-order valence-electron chi connectivity index (χ1n) is 8.49. The summed E-state index contributed by atoms with van der Waals surface area (Å²) in [5.41, 5.74) is 2.90. The molecule has 0 aliphatic rings. The smallest absolute Gasteiger partial charge is 0.408 e. The molecule has 4 rings (SSSR count). The third-order valence-electron chi connectivity index (χ3n) is 4.16. The molecule has 0 aliphatic carbocycles. The highest BCUT2D eigenvalue weighted by molar-refractivity contribution is 5.79. The van der Waals surface area contributed by atoms with E-state index in [2.05, 4.69) is 15.4 Å². The third kappa shape index (κ3) is 3.64. The van der Waals surface area contributed by atoms with Gasteiger partial charge < -0.3 is 9.73 Å². The molecule has 0 saturated heterocycles. The third-order valence-corrected chi connectivity index (χ3v) is 4.16. The van der Waals surface area contributed by atoms with E-state index in [1.165, 1.54) is 4.57 Å². The first-order valence-corrected chi connectivity index (χ1v) is 8.49. The predicted molar refractivity (Wildman–Crippen MR) is 98.9 cm³/mol. The number of fused-ring (bicyclic) bond motifs is 1. The summed E-state index contributed by atoms with van der Waals surface area (Å²) in [5.74, 6) is -0.800. The maximum Gasteiger partial charge on any atom is 0.420 e. The maximum absolute atomic E-state index is 12.2. The summed E-state index contributed by atoms with van der Waals surface area (Å²) >= 11 is 0. The van der Waals surface area contributed by atoms with E-state index in [0.29, 0.717) is 24.2 Å². The number of hydrogen-bond acceptors (Lipinski definition) is 5. The number of nitrogens with one attached hydrogen (secondary N) is 1. The van der Waals surface area contributed by atoms with Crippen LogP contribution < -0.4 is 11.1 Å². The summed E-state index contributed by atoms with van der Waals surface area (Å²) < 4.78 is 8.21. The molecule has 0 aliphatic heterocycles. The molecule has 1 amide bonds. The van der Waals surface area contributed by atoms with Gasteiger partial charge in [-0.15, -0.1) is 0 Å². The number of pyridine rings is 1. The molecule has 0 spiro atoms. The topological polar surface area (TPSA) is 94.9 Å². The van der Waals surface area contributed by atoms with Gasteiger partial charge in [-0.2, -0.15) is 5.10 Å². The fraction of sp³-hybridized carbons (Fsp3) is 0.158. The minimum absolute atomic E-state index is 0.0861. The molecule has 4 aromatic rings. The fourth-order valence-corrected chi connectivity index (χ4v) is 2.84. The van der Waals surface area contributed by atoms with Crippen LogP contribution in [0.5, 0.6) is 0 Å². The molecule has 0 fully saturated rings. The van der Waals surface area contributed by atoms with Crippen molar-refractivity contribution < 1.29 is 9.21 Å². The number of para-hydroxylation sites is 2. The Morgan fingerprint density at radius 1 is 1.11 bits per heavy atom. The van der Waals surface area contributed by atoms with Crippen LogP contribution >= 0.6 is 0 Å². The molecule has 1 N–H and O–H groups in total. The minimum Gasteiger partial charge on any atom is -0.408 e. The Morgan fingerprint density at radius 2 is 1.93 bits per heavy atom. The second-order valence-electron chi connectivity index (χ2n) is 5.97. The van der Waals surface area contributed by atoms with E-state index in [4.69, 9.17) is 4.42 Å². The molecule has 0 radical (unpaired) electrons. The van der Waals surface area contributed by atoms with E-state index >= 15 is 0 Å². The lowest BCUT2D eigenvalue weighted by Crippen LogP contribution is -2.32. The normalized spacial score (nSPS) is 11.0. The van der Waals surface area contributed by atoms with Gasteiger partial charge in [0.1, 0.15) is 6.54 Å². The largest absolute Gasteiger partial charge is 0.420 e. The van der Waals surface area contributed by atoms with Gasteiger partial charge in [0, 0.05) is 30.7 Å². The summed E-state index contributed by atoms with van der Waals surface area (Å²) in [6, 6.07) is 12.7. The van der Waals surface area contributed by atoms with Crippen molar-refractivity contribution in [2.75, 3.05) is 6.54 Å². The highest BCUT2D eigenvalue weighted by atomic mass is 16.4. The van der Waals surface area contributed by atoms with Crippen LogP contribution in [0.15, 0.2) is 70.3 Å². The zero-order chi connectivity index (χ0) is 18.6. The summed E-state index contributed by atoms with van der Waals surface area (Å²) in [6.45, 7) is 0.843. The molecule has 3 heterocycles. The summed E-state index contributed by atoms with van der Waals surface area (Å²) in [6.07, 6.45) is 5.29. The minimum atomic E-state index is -0.541. The van der Waals surface area contributed by atoms with Gasteiger partial charge in [-0.05, 0) is 30.3 Å². The van der Waals surface area contributed by atoms with E-state index in [9.17, 15) is 9.59 Å². The molecule has 8 heteroatoms. The Balaban J connectivity index is 1.34. The Kier molecular flexibility index (Phi) is 4.52. The van der Waals surface area contributed by atoms with Gasteiger partial charge in [0.2, 0.25) is 5.91 Å². The summed E-state index contributed by atoms with van der Waals surface area (Å²) in [5, 5.41) is 7.27. The average molecular weight is 363 g/mol. The van der Waals surface area contributed by atoms with Gasteiger partial charge in [0.15, 0.2) is 5.58 Å². The molecule has 0 saturated carbocycles. The van der Waals surface area contributed by atoms with Crippen molar-refractivity contribution in [2.45, 2.75) is 13.1 Å². The van der Waals surface area contributed by atoms with E-state index in [1.54, 1.807) is 41.3 Å². The SMILES string of the molecule is O=C(Cn1c(=O)oc2ccccc21)NCCn1ccc(-c2ccncc2)n1. The van der Waals surface area contributed by atoms with E-state index in [1.807, 2.05) is 24.4 Å². The Bertz CT molecular complexity index is 1130. The van der Waals surface area contributed by atoms with Crippen molar-refractivity contribution in [1.82, 2.24) is 24.6 Å². The van der Waals surface area contributed by atoms with Crippen LogP contribution in [0.3, 0.4) is 0 Å². The number of oxazole rings is 1. The number of aromatic nitrogens is 4. The Labute approximate surface area is 154 Å². The highest BCUT2D eigenvalue weighted by Crippen LogP contribution is 2.14. The molecular formula is C19H17N5O3. The van der Waals surface area contributed by atoms with Crippen molar-refractivity contribution in [2.24, 2.45) is 0 Å². The Hall–Kier alpha value is -3.68. The molecule has 0 unspecified atom stereocenters. The van der Waals surface area contributed by atoms with Gasteiger partial charge in [-0.3, -0.25) is 19.0 Å². The average Bonchev–Trinajstić information content (AvgIpc) is 3.28. The number of nitrogens with zero attached hydrogens (tertiary/aromatic N) is 4. The zero-order valence-corrected chi connectivity index (χ0v) is 14.4. The van der Waals surface area contributed by atoms with Gasteiger partial charge in [0.25, 0.3) is 0 Å². The van der Waals surface area contributed by atoms with Crippen LogP contribution in [0.25, 0.3) is 22.4 Å². The first-order chi connectivity index (χ1) is 13.2. The number of carbonyl (C=O) groups is 1. The number of rotatable bonds is 6. The molecule has 3 aromatic heterocycles. The molecule has 0 bridgehead atoms. The lowest BCUT2D eigenvalue weighted by molar-refractivity contribution is -0.121. The lowest BCUT2D eigenvalue weighted by Gasteiger charge is -2.06. The molecular weight excluding hydrogens is 346 g/mol. The number of benzene rings is 1. The summed E-state index contributed by atoms with van der Waals surface area (Å²) in [7, 11) is 0. The fourth-order valence-electron chi connectivity index (χ4n) is 2.84. The van der Waals surface area contributed by atoms with E-state index in [-0.39, 0.29) is 12.5 Å². The molecule has 0 atom stereocenters. The van der Waals surface area contributed by atoms with Crippen LogP contribution in [0.2, 0.25) is 0 Å². The van der Waals surface area contributed by atoms with Gasteiger partial charge in [0.05, 0.1) is 17.8 Å². The molecule has 8 nitrogen and oxygen atoms in total.